The van der Waals surface area contributed by atoms with Crippen molar-refractivity contribution in [2.24, 2.45) is 0 Å². The van der Waals surface area contributed by atoms with Crippen molar-refractivity contribution in [1.82, 2.24) is 15.1 Å². The van der Waals surface area contributed by atoms with E-state index in [1.807, 2.05) is 53.4 Å². The topological polar surface area (TPSA) is 80.3 Å². The molecule has 3 aromatic rings. The lowest BCUT2D eigenvalue weighted by Crippen LogP contribution is -2.51. The fourth-order valence-corrected chi connectivity index (χ4v) is 5.02. The van der Waals surface area contributed by atoms with Gasteiger partial charge in [0.15, 0.2) is 11.5 Å². The summed E-state index contributed by atoms with van der Waals surface area (Å²) in [5.41, 5.74) is 2.37. The third-order valence-corrected chi connectivity index (χ3v) is 6.96. The summed E-state index contributed by atoms with van der Waals surface area (Å²) < 4.78 is 16.7. The first-order valence-electron chi connectivity index (χ1n) is 12.2. The quantitative estimate of drug-likeness (QED) is 0.598. The number of para-hydroxylation sites is 2. The molecule has 1 fully saturated rings. The van der Waals surface area contributed by atoms with Crippen molar-refractivity contribution in [2.45, 2.75) is 5.92 Å². The van der Waals surface area contributed by atoms with Gasteiger partial charge in [0.1, 0.15) is 11.5 Å². The summed E-state index contributed by atoms with van der Waals surface area (Å²) in [6.07, 6.45) is 0. The van der Waals surface area contributed by atoms with Crippen LogP contribution in [0.15, 0.2) is 66.7 Å². The molecule has 8 nitrogen and oxygen atoms in total. The Morgan fingerprint density at radius 1 is 0.806 bits per heavy atom. The molecule has 184 valence electrons. The van der Waals surface area contributed by atoms with Crippen molar-refractivity contribution in [1.29, 1.82) is 0 Å². The molecule has 0 radical (unpaired) electrons. The fraction of sp³-hybridized carbons (Fsp3) is 0.286. The molecule has 8 heteroatoms. The van der Waals surface area contributed by atoms with E-state index < -0.39 is 0 Å². The molecule has 1 saturated heterocycles. The van der Waals surface area contributed by atoms with Crippen LogP contribution in [0.5, 0.6) is 23.0 Å². The number of piperazine rings is 1. The summed E-state index contributed by atoms with van der Waals surface area (Å²) >= 11 is 0. The van der Waals surface area contributed by atoms with Gasteiger partial charge in [-0.1, -0.05) is 36.4 Å². The lowest BCUT2D eigenvalue weighted by molar-refractivity contribution is -0.133. The molecule has 3 aliphatic heterocycles. The van der Waals surface area contributed by atoms with Gasteiger partial charge in [0.25, 0.3) is 5.91 Å². The molecule has 0 aliphatic carbocycles. The van der Waals surface area contributed by atoms with Gasteiger partial charge in [-0.15, -0.1) is 0 Å². The average Bonchev–Trinajstić information content (AvgIpc) is 3.40. The Labute approximate surface area is 209 Å². The third-order valence-electron chi connectivity index (χ3n) is 6.96. The van der Waals surface area contributed by atoms with E-state index in [9.17, 15) is 9.59 Å². The highest BCUT2D eigenvalue weighted by Crippen LogP contribution is 2.44. The molecule has 0 atom stereocenters. The van der Waals surface area contributed by atoms with Gasteiger partial charge in [-0.3, -0.25) is 14.5 Å². The highest BCUT2D eigenvalue weighted by atomic mass is 16.7. The van der Waals surface area contributed by atoms with Crippen LogP contribution in [0.1, 0.15) is 27.4 Å². The van der Waals surface area contributed by atoms with E-state index in [0.29, 0.717) is 36.7 Å². The van der Waals surface area contributed by atoms with Crippen LogP contribution >= 0.6 is 0 Å². The Hall–Kier alpha value is -4.04. The van der Waals surface area contributed by atoms with Gasteiger partial charge in [0.05, 0.1) is 5.92 Å². The Morgan fingerprint density at radius 3 is 2.19 bits per heavy atom. The van der Waals surface area contributed by atoms with Crippen molar-refractivity contribution in [3.8, 4) is 23.0 Å². The van der Waals surface area contributed by atoms with Gasteiger partial charge in [0, 0.05) is 56.0 Å². The van der Waals surface area contributed by atoms with Crippen LogP contribution in [0.4, 0.5) is 0 Å². The molecule has 3 heterocycles. The molecule has 0 saturated carbocycles. The second-order valence-corrected chi connectivity index (χ2v) is 9.10. The van der Waals surface area contributed by atoms with Crippen LogP contribution in [0, 0.1) is 0 Å². The average molecular weight is 486 g/mol. The highest BCUT2D eigenvalue weighted by Gasteiger charge is 2.36. The van der Waals surface area contributed by atoms with Crippen LogP contribution < -0.4 is 19.5 Å². The third kappa shape index (κ3) is 4.24. The monoisotopic (exact) mass is 485 g/mol. The van der Waals surface area contributed by atoms with E-state index in [1.54, 1.807) is 18.2 Å². The molecular weight excluding hydrogens is 458 g/mol. The van der Waals surface area contributed by atoms with Crippen molar-refractivity contribution >= 4 is 11.8 Å². The molecule has 0 bridgehead atoms. The number of nitrogens with zero attached hydrogens (tertiary/aromatic N) is 2. The Balaban J connectivity index is 1.04. The van der Waals surface area contributed by atoms with Crippen molar-refractivity contribution < 1.29 is 23.8 Å². The largest absolute Gasteiger partial charge is 0.457 e. The van der Waals surface area contributed by atoms with Crippen molar-refractivity contribution in [3.05, 3.63) is 83.4 Å². The summed E-state index contributed by atoms with van der Waals surface area (Å²) in [4.78, 5) is 30.4. The number of ether oxygens (including phenoxy) is 3. The molecule has 1 N–H and O–H groups in total. The van der Waals surface area contributed by atoms with E-state index in [1.165, 1.54) is 0 Å². The predicted molar refractivity (Wildman–Crippen MR) is 133 cm³/mol. The maximum atomic E-state index is 13.7. The smallest absolute Gasteiger partial charge is 0.251 e. The molecule has 2 amide bonds. The SMILES string of the molecule is O=C(NCCN1CCN(C(=O)C2c3ccccc3Oc3ccccc32)CC1)c1ccc2c(c1)OCO2. The van der Waals surface area contributed by atoms with Crippen molar-refractivity contribution in [2.75, 3.05) is 46.1 Å². The number of rotatable bonds is 5. The first-order chi connectivity index (χ1) is 17.7. The lowest BCUT2D eigenvalue weighted by Gasteiger charge is -2.37. The Bertz CT molecular complexity index is 1260. The number of nitrogens with one attached hydrogen (secondary N) is 1. The summed E-state index contributed by atoms with van der Waals surface area (Å²) in [6, 6.07) is 20.7. The van der Waals surface area contributed by atoms with E-state index in [4.69, 9.17) is 14.2 Å². The number of benzene rings is 3. The highest BCUT2D eigenvalue weighted by molar-refractivity contribution is 5.95. The molecule has 6 rings (SSSR count). The number of hydrogen-bond donors (Lipinski definition) is 1. The second-order valence-electron chi connectivity index (χ2n) is 9.10. The molecule has 3 aliphatic rings. The van der Waals surface area contributed by atoms with Gasteiger partial charge in [-0.2, -0.15) is 0 Å². The molecule has 0 aromatic heterocycles. The van der Waals surface area contributed by atoms with Gasteiger partial charge in [-0.05, 0) is 30.3 Å². The van der Waals surface area contributed by atoms with Gasteiger partial charge in [0.2, 0.25) is 12.7 Å². The van der Waals surface area contributed by atoms with Crippen molar-refractivity contribution in [3.63, 3.8) is 0 Å². The number of amides is 2. The Morgan fingerprint density at radius 2 is 1.47 bits per heavy atom. The summed E-state index contributed by atoms with van der Waals surface area (Å²) in [5, 5.41) is 2.97. The van der Waals surface area contributed by atoms with Gasteiger partial charge in [-0.25, -0.2) is 0 Å². The molecule has 0 spiro atoms. The van der Waals surface area contributed by atoms with Gasteiger partial charge >= 0.3 is 0 Å². The van der Waals surface area contributed by atoms with E-state index in [2.05, 4.69) is 10.2 Å². The minimum absolute atomic E-state index is 0.106. The lowest BCUT2D eigenvalue weighted by atomic mass is 9.86. The molecule has 3 aromatic carbocycles. The molecule has 36 heavy (non-hydrogen) atoms. The second kappa shape index (κ2) is 9.54. The van der Waals surface area contributed by atoms with Crippen LogP contribution in [-0.2, 0) is 4.79 Å². The van der Waals surface area contributed by atoms with Crippen LogP contribution in [0.2, 0.25) is 0 Å². The number of fused-ring (bicyclic) bond motifs is 3. The van der Waals surface area contributed by atoms with Gasteiger partial charge < -0.3 is 24.4 Å². The minimum Gasteiger partial charge on any atom is -0.457 e. The summed E-state index contributed by atoms with van der Waals surface area (Å²) in [5.74, 6) is 2.34. The zero-order valence-corrected chi connectivity index (χ0v) is 19.8. The van der Waals surface area contributed by atoms with Crippen LogP contribution in [0.3, 0.4) is 0 Å². The molecule has 0 unspecified atom stereocenters. The maximum absolute atomic E-state index is 13.7. The fourth-order valence-electron chi connectivity index (χ4n) is 5.02. The number of carbonyl (C=O) groups is 2. The standard InChI is InChI=1S/C28H27N3O5/c32-27(19-9-10-24-25(17-19)35-18-34-24)29-11-12-30-13-15-31(16-14-30)28(33)26-20-5-1-3-7-22(20)36-23-8-4-2-6-21(23)26/h1-10,17,26H,11-16,18H2,(H,29,32). The summed E-state index contributed by atoms with van der Waals surface area (Å²) in [7, 11) is 0. The van der Waals surface area contributed by atoms with Crippen LogP contribution in [-0.4, -0.2) is 67.7 Å². The zero-order valence-electron chi connectivity index (χ0n) is 19.8. The minimum atomic E-state index is -0.362. The Kier molecular flexibility index (Phi) is 5.95. The first kappa shape index (κ1) is 22.4. The van der Waals surface area contributed by atoms with E-state index in [-0.39, 0.29) is 24.5 Å². The predicted octanol–water partition coefficient (Wildman–Crippen LogP) is 3.23. The summed E-state index contributed by atoms with van der Waals surface area (Å²) in [6.45, 7) is 4.26. The maximum Gasteiger partial charge on any atom is 0.251 e. The normalized spacial score (nSPS) is 16.6. The molecular formula is C28H27N3O5. The first-order valence-corrected chi connectivity index (χ1v) is 12.2. The number of hydrogen-bond acceptors (Lipinski definition) is 6. The number of carbonyl (C=O) groups excluding carboxylic acids is 2. The van der Waals surface area contributed by atoms with Crippen LogP contribution in [0.25, 0.3) is 0 Å². The zero-order chi connectivity index (χ0) is 24.5. The van der Waals surface area contributed by atoms with E-state index in [0.717, 1.165) is 42.3 Å². The van der Waals surface area contributed by atoms with E-state index >= 15 is 0 Å².